The Balaban J connectivity index is 1.49. The molecule has 1 atom stereocenters. The minimum absolute atomic E-state index is 0.0960. The average Bonchev–Trinajstić information content (AvgIpc) is 3.26. The van der Waals surface area contributed by atoms with E-state index in [2.05, 4.69) is 15.5 Å². The van der Waals surface area contributed by atoms with Crippen molar-refractivity contribution in [1.29, 1.82) is 0 Å². The molecule has 2 aliphatic rings. The lowest BCUT2D eigenvalue weighted by Gasteiger charge is -2.16. The molecule has 9 heteroatoms. The van der Waals surface area contributed by atoms with Gasteiger partial charge in [0.05, 0.1) is 5.92 Å². The second-order valence-electron chi connectivity index (χ2n) is 5.18. The fraction of sp³-hybridized carbons (Fsp3) is 0.286. The number of hydrogen-bond acceptors (Lipinski definition) is 7. The molecule has 1 saturated heterocycles. The Morgan fingerprint density at radius 3 is 3.04 bits per heavy atom. The van der Waals surface area contributed by atoms with Crippen molar-refractivity contribution in [2.24, 2.45) is 5.92 Å². The second-order valence-corrected chi connectivity index (χ2v) is 6.01. The van der Waals surface area contributed by atoms with Gasteiger partial charge in [-0.05, 0) is 12.1 Å². The molecule has 118 valence electrons. The van der Waals surface area contributed by atoms with Crippen LogP contribution in [0.5, 0.6) is 11.5 Å². The summed E-state index contributed by atoms with van der Waals surface area (Å²) in [5.41, 5.74) is 2.24. The van der Waals surface area contributed by atoms with Gasteiger partial charge in [-0.15, -0.1) is 10.2 Å². The van der Waals surface area contributed by atoms with Crippen LogP contribution in [0.4, 0.5) is 10.8 Å². The van der Waals surface area contributed by atoms with Crippen molar-refractivity contribution < 1.29 is 19.1 Å². The number of aromatic nitrogens is 2. The highest BCUT2D eigenvalue weighted by atomic mass is 32.1. The van der Waals surface area contributed by atoms with Gasteiger partial charge in [-0.2, -0.15) is 0 Å². The van der Waals surface area contributed by atoms with Gasteiger partial charge in [0, 0.05) is 24.7 Å². The zero-order chi connectivity index (χ0) is 15.8. The van der Waals surface area contributed by atoms with E-state index in [1.165, 1.54) is 16.8 Å². The first-order chi connectivity index (χ1) is 11.2. The lowest BCUT2D eigenvalue weighted by Crippen LogP contribution is -2.28. The summed E-state index contributed by atoms with van der Waals surface area (Å²) in [4.78, 5) is 26.1. The molecule has 0 aliphatic carbocycles. The van der Waals surface area contributed by atoms with E-state index in [-0.39, 0.29) is 25.0 Å². The van der Waals surface area contributed by atoms with Gasteiger partial charge in [-0.1, -0.05) is 11.3 Å². The van der Waals surface area contributed by atoms with Crippen LogP contribution in [-0.2, 0) is 9.59 Å². The number of amides is 2. The minimum Gasteiger partial charge on any atom is -0.454 e. The van der Waals surface area contributed by atoms with E-state index in [4.69, 9.17) is 9.47 Å². The van der Waals surface area contributed by atoms with Gasteiger partial charge in [-0.25, -0.2) is 0 Å². The molecule has 3 heterocycles. The molecule has 1 fully saturated rings. The smallest absolute Gasteiger partial charge is 0.231 e. The third kappa shape index (κ3) is 2.59. The average molecular weight is 332 g/mol. The lowest BCUT2D eigenvalue weighted by atomic mass is 10.1. The van der Waals surface area contributed by atoms with E-state index in [0.717, 1.165) is 0 Å². The van der Waals surface area contributed by atoms with E-state index in [1.807, 2.05) is 0 Å². The van der Waals surface area contributed by atoms with Crippen LogP contribution in [0.1, 0.15) is 6.42 Å². The van der Waals surface area contributed by atoms with Crippen LogP contribution >= 0.6 is 11.3 Å². The van der Waals surface area contributed by atoms with Crippen LogP contribution in [0.25, 0.3) is 0 Å². The molecule has 2 amide bonds. The minimum atomic E-state index is -0.420. The highest BCUT2D eigenvalue weighted by molar-refractivity contribution is 7.13. The van der Waals surface area contributed by atoms with Crippen LogP contribution in [0.15, 0.2) is 23.7 Å². The normalized spacial score (nSPS) is 19.2. The maximum atomic E-state index is 12.2. The Hall–Kier alpha value is -2.68. The molecule has 23 heavy (non-hydrogen) atoms. The largest absolute Gasteiger partial charge is 0.454 e. The van der Waals surface area contributed by atoms with Crippen LogP contribution in [0.2, 0.25) is 0 Å². The Morgan fingerprint density at radius 2 is 2.22 bits per heavy atom. The summed E-state index contributed by atoms with van der Waals surface area (Å²) in [5.74, 6) is 0.527. The van der Waals surface area contributed by atoms with Crippen molar-refractivity contribution in [3.63, 3.8) is 0 Å². The van der Waals surface area contributed by atoms with Crippen molar-refractivity contribution >= 4 is 34.0 Å². The summed E-state index contributed by atoms with van der Waals surface area (Å²) in [6.45, 7) is 0.503. The summed E-state index contributed by atoms with van der Waals surface area (Å²) < 4.78 is 10.6. The fourth-order valence-electron chi connectivity index (χ4n) is 2.62. The van der Waals surface area contributed by atoms with E-state index < -0.39 is 5.92 Å². The molecule has 2 aliphatic heterocycles. The third-order valence-electron chi connectivity index (χ3n) is 3.75. The first kappa shape index (κ1) is 13.9. The van der Waals surface area contributed by atoms with Crippen molar-refractivity contribution in [1.82, 2.24) is 10.2 Å². The van der Waals surface area contributed by atoms with Crippen molar-refractivity contribution in [2.75, 3.05) is 23.6 Å². The number of rotatable bonds is 3. The standard InChI is InChI=1S/C14H12N4O4S/c19-12-3-8(13(20)16-14-17-15-6-23-14)5-18(12)9-1-2-10-11(4-9)22-7-21-10/h1-2,4,6,8H,3,5,7H2,(H,16,17,20)/t8-/m1/s1. The zero-order valence-electron chi connectivity index (χ0n) is 11.9. The molecule has 8 nitrogen and oxygen atoms in total. The zero-order valence-corrected chi connectivity index (χ0v) is 12.7. The monoisotopic (exact) mass is 332 g/mol. The van der Waals surface area contributed by atoms with E-state index in [0.29, 0.717) is 28.9 Å². The molecule has 0 bridgehead atoms. The lowest BCUT2D eigenvalue weighted by molar-refractivity contribution is -0.122. The Morgan fingerprint density at radius 1 is 1.35 bits per heavy atom. The molecule has 1 N–H and O–H groups in total. The molecule has 0 spiro atoms. The van der Waals surface area contributed by atoms with Gasteiger partial charge in [0.2, 0.25) is 23.7 Å². The highest BCUT2D eigenvalue weighted by Gasteiger charge is 2.36. The molecular formula is C14H12N4O4S. The summed E-state index contributed by atoms with van der Waals surface area (Å²) >= 11 is 1.24. The quantitative estimate of drug-likeness (QED) is 0.909. The van der Waals surface area contributed by atoms with Crippen LogP contribution in [0, 0.1) is 5.92 Å². The summed E-state index contributed by atoms with van der Waals surface area (Å²) in [6, 6.07) is 5.31. The molecule has 4 rings (SSSR count). The maximum absolute atomic E-state index is 12.2. The number of hydrogen-bond donors (Lipinski definition) is 1. The first-order valence-electron chi connectivity index (χ1n) is 6.98. The molecule has 0 radical (unpaired) electrons. The van der Waals surface area contributed by atoms with Gasteiger partial charge < -0.3 is 19.7 Å². The van der Waals surface area contributed by atoms with Gasteiger partial charge in [0.15, 0.2) is 11.5 Å². The first-order valence-corrected chi connectivity index (χ1v) is 7.86. The maximum Gasteiger partial charge on any atom is 0.231 e. The summed E-state index contributed by atoms with van der Waals surface area (Å²) in [7, 11) is 0. The Labute approximate surface area is 135 Å². The molecule has 1 aromatic heterocycles. The molecular weight excluding hydrogens is 320 g/mol. The number of benzene rings is 1. The predicted molar refractivity (Wildman–Crippen MR) is 81.6 cm³/mol. The Kier molecular flexibility index (Phi) is 3.34. The topological polar surface area (TPSA) is 93.7 Å². The number of ether oxygens (including phenoxy) is 2. The number of carbonyl (C=O) groups is 2. The van der Waals surface area contributed by atoms with Crippen molar-refractivity contribution in [3.05, 3.63) is 23.7 Å². The fourth-order valence-corrected chi connectivity index (χ4v) is 3.07. The predicted octanol–water partition coefficient (Wildman–Crippen LogP) is 1.26. The van der Waals surface area contributed by atoms with Crippen LogP contribution in [0.3, 0.4) is 0 Å². The number of anilines is 2. The van der Waals surface area contributed by atoms with Gasteiger partial charge in [0.25, 0.3) is 0 Å². The molecule has 0 saturated carbocycles. The van der Waals surface area contributed by atoms with E-state index in [9.17, 15) is 9.59 Å². The summed E-state index contributed by atoms with van der Waals surface area (Å²) in [6.07, 6.45) is 0.166. The van der Waals surface area contributed by atoms with Gasteiger partial charge in [-0.3, -0.25) is 9.59 Å². The molecule has 1 aromatic carbocycles. The van der Waals surface area contributed by atoms with E-state index in [1.54, 1.807) is 23.1 Å². The SMILES string of the molecule is O=C(Nc1nncs1)[C@@H]1CC(=O)N(c2ccc3c(c2)OCO3)C1. The van der Waals surface area contributed by atoms with Crippen LogP contribution in [-0.4, -0.2) is 35.3 Å². The number of nitrogens with zero attached hydrogens (tertiary/aromatic N) is 3. The summed E-state index contributed by atoms with van der Waals surface area (Å²) in [5, 5.41) is 10.5. The van der Waals surface area contributed by atoms with Crippen molar-refractivity contribution in [2.45, 2.75) is 6.42 Å². The molecule has 2 aromatic rings. The highest BCUT2D eigenvalue weighted by Crippen LogP contribution is 2.37. The van der Waals surface area contributed by atoms with Crippen molar-refractivity contribution in [3.8, 4) is 11.5 Å². The third-order valence-corrected chi connectivity index (χ3v) is 4.36. The number of carbonyl (C=O) groups excluding carboxylic acids is 2. The van der Waals surface area contributed by atoms with Crippen LogP contribution < -0.4 is 19.7 Å². The van der Waals surface area contributed by atoms with Gasteiger partial charge >= 0.3 is 0 Å². The molecule has 0 unspecified atom stereocenters. The number of fused-ring (bicyclic) bond motifs is 1. The Bertz CT molecular complexity index is 764. The number of nitrogens with one attached hydrogen (secondary N) is 1. The van der Waals surface area contributed by atoms with Gasteiger partial charge in [0.1, 0.15) is 5.51 Å². The van der Waals surface area contributed by atoms with E-state index >= 15 is 0 Å². The second kappa shape index (κ2) is 5.51.